The van der Waals surface area contributed by atoms with E-state index < -0.39 is 23.4 Å². The molecule has 0 aliphatic heterocycles. The predicted octanol–water partition coefficient (Wildman–Crippen LogP) is 2.26. The van der Waals surface area contributed by atoms with Crippen LogP contribution in [-0.2, 0) is 9.53 Å². The average Bonchev–Trinajstić information content (AvgIpc) is 2.27. The number of halogens is 1. The molecule has 0 N–H and O–H groups in total. The zero-order chi connectivity index (χ0) is 12.8. The number of esters is 1. The van der Waals surface area contributed by atoms with Crippen molar-refractivity contribution in [3.63, 3.8) is 0 Å². The lowest BCUT2D eigenvalue weighted by Gasteiger charge is -2.13. The number of nitro groups is 1. The second-order valence-electron chi connectivity index (χ2n) is 3.34. The van der Waals surface area contributed by atoms with Crippen molar-refractivity contribution in [3.8, 4) is 0 Å². The van der Waals surface area contributed by atoms with Crippen molar-refractivity contribution < 1.29 is 14.5 Å². The van der Waals surface area contributed by atoms with Gasteiger partial charge in [0.25, 0.3) is 0 Å². The minimum absolute atomic E-state index is 0.178. The van der Waals surface area contributed by atoms with E-state index in [1.807, 2.05) is 0 Å². The van der Waals surface area contributed by atoms with Gasteiger partial charge in [0.2, 0.25) is 6.54 Å². The minimum Gasteiger partial charge on any atom is -0.465 e. The summed E-state index contributed by atoms with van der Waals surface area (Å²) in [4.78, 5) is 21.7. The van der Waals surface area contributed by atoms with Crippen LogP contribution in [-0.4, -0.2) is 24.0 Å². The summed E-state index contributed by atoms with van der Waals surface area (Å²) in [6, 6.07) is 6.55. The molecule has 6 heteroatoms. The molecule has 0 bridgehead atoms. The smallest absolute Gasteiger partial charge is 0.320 e. The van der Waals surface area contributed by atoms with Crippen molar-refractivity contribution in [2.45, 2.75) is 12.8 Å². The van der Waals surface area contributed by atoms with Gasteiger partial charge < -0.3 is 4.74 Å². The normalized spacial score (nSPS) is 11.9. The first-order valence-electron chi connectivity index (χ1n) is 5.09. The summed E-state index contributed by atoms with van der Waals surface area (Å²) in [6.07, 6.45) is 0. The molecule has 1 aromatic rings. The summed E-state index contributed by atoms with van der Waals surface area (Å²) in [5.74, 6) is -1.59. The third-order valence-electron chi connectivity index (χ3n) is 2.18. The molecule has 0 aliphatic rings. The second kappa shape index (κ2) is 6.20. The number of carbonyl (C=O) groups is 1. The fourth-order valence-corrected chi connectivity index (χ4v) is 1.72. The SMILES string of the molecule is CCOC(=O)C(C[N+](=O)[O-])c1ccccc1Cl. The van der Waals surface area contributed by atoms with Gasteiger partial charge in [-0.15, -0.1) is 0 Å². The van der Waals surface area contributed by atoms with Crippen molar-refractivity contribution in [2.75, 3.05) is 13.2 Å². The summed E-state index contributed by atoms with van der Waals surface area (Å²) in [5, 5.41) is 10.9. The van der Waals surface area contributed by atoms with Crippen LogP contribution in [0.5, 0.6) is 0 Å². The minimum atomic E-state index is -0.960. The van der Waals surface area contributed by atoms with E-state index in [1.54, 1.807) is 31.2 Å². The monoisotopic (exact) mass is 257 g/mol. The number of ether oxygens (including phenoxy) is 1. The third kappa shape index (κ3) is 3.71. The fourth-order valence-electron chi connectivity index (χ4n) is 1.45. The highest BCUT2D eigenvalue weighted by Gasteiger charge is 2.29. The maximum atomic E-state index is 11.6. The van der Waals surface area contributed by atoms with Gasteiger partial charge in [-0.1, -0.05) is 29.8 Å². The maximum Gasteiger partial charge on any atom is 0.320 e. The van der Waals surface area contributed by atoms with Crippen LogP contribution >= 0.6 is 11.6 Å². The van der Waals surface area contributed by atoms with Gasteiger partial charge in [0, 0.05) is 9.95 Å². The Labute approximate surface area is 103 Å². The van der Waals surface area contributed by atoms with Gasteiger partial charge in [-0.25, -0.2) is 0 Å². The summed E-state index contributed by atoms with van der Waals surface area (Å²) in [7, 11) is 0. The van der Waals surface area contributed by atoms with E-state index in [9.17, 15) is 14.9 Å². The van der Waals surface area contributed by atoms with E-state index in [-0.39, 0.29) is 6.61 Å². The van der Waals surface area contributed by atoms with Gasteiger partial charge in [0.15, 0.2) is 0 Å². The Hall–Kier alpha value is -1.62. The molecule has 17 heavy (non-hydrogen) atoms. The van der Waals surface area contributed by atoms with Gasteiger partial charge >= 0.3 is 5.97 Å². The summed E-state index contributed by atoms with van der Waals surface area (Å²) >= 11 is 5.92. The largest absolute Gasteiger partial charge is 0.465 e. The van der Waals surface area contributed by atoms with Crippen LogP contribution in [0.1, 0.15) is 18.4 Å². The Morgan fingerprint density at radius 3 is 2.71 bits per heavy atom. The van der Waals surface area contributed by atoms with Gasteiger partial charge in [-0.2, -0.15) is 0 Å². The third-order valence-corrected chi connectivity index (χ3v) is 2.53. The Balaban J connectivity index is 3.01. The molecular formula is C11H12ClNO4. The van der Waals surface area contributed by atoms with Crippen LogP contribution < -0.4 is 0 Å². The molecule has 1 atom stereocenters. The first kappa shape index (κ1) is 13.4. The topological polar surface area (TPSA) is 69.4 Å². The first-order chi connectivity index (χ1) is 8.06. The quantitative estimate of drug-likeness (QED) is 0.461. The van der Waals surface area contributed by atoms with Crippen molar-refractivity contribution in [1.29, 1.82) is 0 Å². The van der Waals surface area contributed by atoms with Crippen LogP contribution in [0.4, 0.5) is 0 Å². The fraction of sp³-hybridized carbons (Fsp3) is 0.364. The average molecular weight is 258 g/mol. The maximum absolute atomic E-state index is 11.6. The lowest BCUT2D eigenvalue weighted by Crippen LogP contribution is -2.23. The molecule has 1 unspecified atom stereocenters. The zero-order valence-corrected chi connectivity index (χ0v) is 10.0. The molecule has 0 heterocycles. The number of hydrogen-bond acceptors (Lipinski definition) is 4. The van der Waals surface area contributed by atoms with Gasteiger partial charge in [-0.05, 0) is 18.6 Å². The van der Waals surface area contributed by atoms with Crippen molar-refractivity contribution in [2.24, 2.45) is 0 Å². The van der Waals surface area contributed by atoms with E-state index in [0.29, 0.717) is 10.6 Å². The molecule has 0 spiro atoms. The lowest BCUT2D eigenvalue weighted by atomic mass is 9.99. The molecular weight excluding hydrogens is 246 g/mol. The first-order valence-corrected chi connectivity index (χ1v) is 5.47. The zero-order valence-electron chi connectivity index (χ0n) is 9.26. The number of hydrogen-bond donors (Lipinski definition) is 0. The number of rotatable bonds is 5. The molecule has 0 saturated carbocycles. The Morgan fingerprint density at radius 1 is 1.53 bits per heavy atom. The molecule has 0 saturated heterocycles. The summed E-state index contributed by atoms with van der Waals surface area (Å²) < 4.78 is 4.81. The second-order valence-corrected chi connectivity index (χ2v) is 3.75. The van der Waals surface area contributed by atoms with E-state index in [2.05, 4.69) is 0 Å². The molecule has 0 aliphatic carbocycles. The standard InChI is InChI=1S/C11H12ClNO4/c1-2-17-11(14)9(7-13(15)16)8-5-3-4-6-10(8)12/h3-6,9H,2,7H2,1H3. The van der Waals surface area contributed by atoms with Crippen molar-refractivity contribution in [1.82, 2.24) is 0 Å². The van der Waals surface area contributed by atoms with Gasteiger partial charge in [-0.3, -0.25) is 14.9 Å². The molecule has 92 valence electrons. The van der Waals surface area contributed by atoms with E-state index in [4.69, 9.17) is 16.3 Å². The van der Waals surface area contributed by atoms with Crippen LogP contribution in [0.2, 0.25) is 5.02 Å². The van der Waals surface area contributed by atoms with Crippen LogP contribution in [0, 0.1) is 10.1 Å². The van der Waals surface area contributed by atoms with E-state index in [1.165, 1.54) is 0 Å². The van der Waals surface area contributed by atoms with Gasteiger partial charge in [0.05, 0.1) is 6.61 Å². The molecule has 0 amide bonds. The van der Waals surface area contributed by atoms with E-state index in [0.717, 1.165) is 0 Å². The van der Waals surface area contributed by atoms with Crippen LogP contribution in [0.15, 0.2) is 24.3 Å². The number of benzene rings is 1. The highest BCUT2D eigenvalue weighted by molar-refractivity contribution is 6.31. The summed E-state index contributed by atoms with van der Waals surface area (Å²) in [5.41, 5.74) is 0.421. The highest BCUT2D eigenvalue weighted by Crippen LogP contribution is 2.25. The Kier molecular flexibility index (Phi) is 4.90. The Bertz CT molecular complexity index is 422. The Morgan fingerprint density at radius 2 is 2.18 bits per heavy atom. The lowest BCUT2D eigenvalue weighted by molar-refractivity contribution is -0.481. The van der Waals surface area contributed by atoms with Crippen molar-refractivity contribution >= 4 is 17.6 Å². The van der Waals surface area contributed by atoms with Crippen LogP contribution in [0.25, 0.3) is 0 Å². The van der Waals surface area contributed by atoms with Gasteiger partial charge in [0.1, 0.15) is 5.92 Å². The highest BCUT2D eigenvalue weighted by atomic mass is 35.5. The van der Waals surface area contributed by atoms with Crippen LogP contribution in [0.3, 0.4) is 0 Å². The molecule has 5 nitrogen and oxygen atoms in total. The molecule has 0 aromatic heterocycles. The predicted molar refractivity (Wildman–Crippen MR) is 62.7 cm³/mol. The summed E-state index contributed by atoms with van der Waals surface area (Å²) in [6.45, 7) is 1.30. The van der Waals surface area contributed by atoms with Crippen molar-refractivity contribution in [3.05, 3.63) is 45.0 Å². The van der Waals surface area contributed by atoms with E-state index >= 15 is 0 Å². The molecule has 1 rings (SSSR count). The molecule has 1 aromatic carbocycles. The molecule has 0 radical (unpaired) electrons. The molecule has 0 fully saturated rings. The number of carbonyl (C=O) groups excluding carboxylic acids is 1. The number of nitrogens with zero attached hydrogens (tertiary/aromatic N) is 1.